The van der Waals surface area contributed by atoms with Crippen molar-refractivity contribution < 1.29 is 13.2 Å². The first kappa shape index (κ1) is 14.7. The van der Waals surface area contributed by atoms with Gasteiger partial charge in [-0.1, -0.05) is 11.6 Å². The number of aryl methyl sites for hydroxylation is 1. The van der Waals surface area contributed by atoms with E-state index in [9.17, 15) is 13.2 Å². The van der Waals surface area contributed by atoms with Crippen LogP contribution in [0.3, 0.4) is 0 Å². The molecule has 2 rings (SSSR count). The Hall–Kier alpha value is -1.69. The highest BCUT2D eigenvalue weighted by Crippen LogP contribution is 2.36. The van der Waals surface area contributed by atoms with Crippen molar-refractivity contribution in [1.29, 1.82) is 0 Å². The third kappa shape index (κ3) is 2.90. The first-order valence-electron chi connectivity index (χ1n) is 6.00. The number of rotatable bonds is 3. The van der Waals surface area contributed by atoms with Crippen LogP contribution in [0.25, 0.3) is 5.69 Å². The molecule has 0 aliphatic carbocycles. The molecule has 7 heteroatoms. The highest BCUT2D eigenvalue weighted by Gasteiger charge is 2.33. The molecule has 20 heavy (non-hydrogen) atoms. The molecule has 108 valence electrons. The third-order valence-electron chi connectivity index (χ3n) is 2.69. The zero-order valence-electron chi connectivity index (χ0n) is 10.9. The van der Waals surface area contributed by atoms with Crippen molar-refractivity contribution in [2.24, 2.45) is 0 Å². The second kappa shape index (κ2) is 5.36. The lowest BCUT2D eigenvalue weighted by Crippen LogP contribution is -2.09. The lowest BCUT2D eigenvalue weighted by Gasteiger charge is -2.13. The van der Waals surface area contributed by atoms with Crippen LogP contribution in [-0.2, 0) is 6.18 Å². The van der Waals surface area contributed by atoms with Crippen LogP contribution in [0.5, 0.6) is 0 Å². The Morgan fingerprint density at radius 1 is 1.35 bits per heavy atom. The highest BCUT2D eigenvalue weighted by atomic mass is 35.5. The molecule has 0 bridgehead atoms. The Morgan fingerprint density at radius 2 is 2.05 bits per heavy atom. The van der Waals surface area contributed by atoms with E-state index in [1.54, 1.807) is 17.7 Å². The van der Waals surface area contributed by atoms with Crippen LogP contribution < -0.4 is 5.32 Å². The van der Waals surface area contributed by atoms with Crippen molar-refractivity contribution in [1.82, 2.24) is 9.55 Å². The van der Waals surface area contributed by atoms with E-state index in [2.05, 4.69) is 10.3 Å². The normalized spacial score (nSPS) is 11.7. The minimum atomic E-state index is -4.49. The minimum absolute atomic E-state index is 0.317. The second-order valence-corrected chi connectivity index (χ2v) is 4.68. The van der Waals surface area contributed by atoms with Gasteiger partial charge in [-0.25, -0.2) is 4.98 Å². The molecule has 1 aromatic heterocycles. The molecule has 2 aromatic rings. The number of nitrogens with zero attached hydrogens (tertiary/aromatic N) is 2. The first-order valence-corrected chi connectivity index (χ1v) is 6.37. The topological polar surface area (TPSA) is 29.9 Å². The quantitative estimate of drug-likeness (QED) is 0.917. The molecule has 1 N–H and O–H groups in total. The summed E-state index contributed by atoms with van der Waals surface area (Å²) in [6.07, 6.45) is -2.82. The largest absolute Gasteiger partial charge is 0.417 e. The second-order valence-electron chi connectivity index (χ2n) is 4.27. The fourth-order valence-electron chi connectivity index (χ4n) is 1.86. The Balaban J connectivity index is 2.54. The molecule has 0 spiro atoms. The number of aromatic nitrogens is 2. The summed E-state index contributed by atoms with van der Waals surface area (Å²) in [4.78, 5) is 4.23. The fourth-order valence-corrected chi connectivity index (χ4v) is 2.08. The molecular weight excluding hydrogens is 291 g/mol. The lowest BCUT2D eigenvalue weighted by molar-refractivity contribution is -0.137. The standard InChI is InChI=1S/C13H13ClF3N3/c1-3-18-12-19-8(2)7-20(12)9-4-5-11(14)10(6-9)13(15,16)17/h4-7H,3H2,1-2H3,(H,18,19). The first-order chi connectivity index (χ1) is 9.32. The molecule has 0 aliphatic heterocycles. The summed E-state index contributed by atoms with van der Waals surface area (Å²) in [7, 11) is 0. The van der Waals surface area contributed by atoms with E-state index < -0.39 is 11.7 Å². The van der Waals surface area contributed by atoms with Crippen LogP contribution in [0.4, 0.5) is 19.1 Å². The van der Waals surface area contributed by atoms with E-state index in [1.807, 2.05) is 6.92 Å². The van der Waals surface area contributed by atoms with Crippen molar-refractivity contribution in [3.8, 4) is 5.69 Å². The Labute approximate surface area is 119 Å². The van der Waals surface area contributed by atoms with E-state index >= 15 is 0 Å². The summed E-state index contributed by atoms with van der Waals surface area (Å²) in [5.74, 6) is 0.500. The molecule has 0 amide bonds. The number of anilines is 1. The molecule has 3 nitrogen and oxygen atoms in total. The molecule has 0 fully saturated rings. The van der Waals surface area contributed by atoms with Gasteiger partial charge < -0.3 is 5.32 Å². The monoisotopic (exact) mass is 303 g/mol. The van der Waals surface area contributed by atoms with Crippen LogP contribution in [0, 0.1) is 6.92 Å². The maximum absolute atomic E-state index is 12.9. The smallest absolute Gasteiger partial charge is 0.356 e. The lowest BCUT2D eigenvalue weighted by atomic mass is 10.2. The molecule has 0 radical (unpaired) electrons. The average molecular weight is 304 g/mol. The van der Waals surface area contributed by atoms with E-state index in [0.29, 0.717) is 23.9 Å². The number of alkyl halides is 3. The van der Waals surface area contributed by atoms with Crippen molar-refractivity contribution in [2.45, 2.75) is 20.0 Å². The zero-order chi connectivity index (χ0) is 14.9. The predicted octanol–water partition coefficient (Wildman–Crippen LogP) is 4.28. The predicted molar refractivity (Wildman–Crippen MR) is 72.5 cm³/mol. The van der Waals surface area contributed by atoms with E-state index in [4.69, 9.17) is 11.6 Å². The Kier molecular flexibility index (Phi) is 3.94. The van der Waals surface area contributed by atoms with Gasteiger partial charge in [0, 0.05) is 18.4 Å². The van der Waals surface area contributed by atoms with Gasteiger partial charge in [0.05, 0.1) is 16.3 Å². The van der Waals surface area contributed by atoms with Gasteiger partial charge >= 0.3 is 6.18 Å². The summed E-state index contributed by atoms with van der Waals surface area (Å²) >= 11 is 5.61. The van der Waals surface area contributed by atoms with Crippen molar-refractivity contribution in [3.63, 3.8) is 0 Å². The summed E-state index contributed by atoms with van der Waals surface area (Å²) in [5.41, 5.74) is 0.216. The van der Waals surface area contributed by atoms with E-state index in [1.165, 1.54) is 12.1 Å². The third-order valence-corrected chi connectivity index (χ3v) is 3.02. The number of nitrogens with one attached hydrogen (secondary N) is 1. The van der Waals surface area contributed by atoms with Gasteiger partial charge in [0.15, 0.2) is 0 Å². The minimum Gasteiger partial charge on any atom is -0.356 e. The van der Waals surface area contributed by atoms with Gasteiger partial charge in [0.25, 0.3) is 0 Å². The van der Waals surface area contributed by atoms with Gasteiger partial charge in [0.2, 0.25) is 5.95 Å². The number of hydrogen-bond donors (Lipinski definition) is 1. The molecule has 0 atom stereocenters. The van der Waals surface area contributed by atoms with Crippen molar-refractivity contribution in [2.75, 3.05) is 11.9 Å². The molecule has 0 aliphatic rings. The maximum Gasteiger partial charge on any atom is 0.417 e. The summed E-state index contributed by atoms with van der Waals surface area (Å²) in [6.45, 7) is 4.28. The molecule has 1 heterocycles. The van der Waals surface area contributed by atoms with Gasteiger partial charge in [-0.05, 0) is 32.0 Å². The van der Waals surface area contributed by atoms with E-state index in [-0.39, 0.29) is 5.02 Å². The molecular formula is C13H13ClF3N3. The average Bonchev–Trinajstić information content (AvgIpc) is 2.70. The van der Waals surface area contributed by atoms with Crippen molar-refractivity contribution >= 4 is 17.5 Å². The number of imidazole rings is 1. The van der Waals surface area contributed by atoms with Crippen molar-refractivity contribution in [3.05, 3.63) is 40.7 Å². The van der Waals surface area contributed by atoms with Crippen LogP contribution in [0.1, 0.15) is 18.2 Å². The van der Waals surface area contributed by atoms with Gasteiger partial charge in [-0.15, -0.1) is 0 Å². The van der Waals surface area contributed by atoms with Crippen LogP contribution in [0.15, 0.2) is 24.4 Å². The number of halogens is 4. The summed E-state index contributed by atoms with van der Waals surface area (Å²) < 4.78 is 40.2. The summed E-state index contributed by atoms with van der Waals surface area (Å²) in [6, 6.07) is 3.79. The van der Waals surface area contributed by atoms with Crippen LogP contribution in [-0.4, -0.2) is 16.1 Å². The molecule has 1 aromatic carbocycles. The van der Waals surface area contributed by atoms with Gasteiger partial charge in [-0.3, -0.25) is 4.57 Å². The summed E-state index contributed by atoms with van der Waals surface area (Å²) in [5, 5.41) is 2.69. The maximum atomic E-state index is 12.9. The number of hydrogen-bond acceptors (Lipinski definition) is 2. The molecule has 0 unspecified atom stereocenters. The Morgan fingerprint density at radius 3 is 2.65 bits per heavy atom. The fraction of sp³-hybridized carbons (Fsp3) is 0.308. The molecule has 0 saturated heterocycles. The Bertz CT molecular complexity index is 620. The molecule has 0 saturated carbocycles. The van der Waals surface area contributed by atoms with Crippen LogP contribution in [0.2, 0.25) is 5.02 Å². The highest BCUT2D eigenvalue weighted by molar-refractivity contribution is 6.31. The SMILES string of the molecule is CCNc1nc(C)cn1-c1ccc(Cl)c(C(F)(F)F)c1. The zero-order valence-corrected chi connectivity index (χ0v) is 11.7. The van der Waals surface area contributed by atoms with Crippen LogP contribution >= 0.6 is 11.6 Å². The number of benzene rings is 1. The van der Waals surface area contributed by atoms with E-state index in [0.717, 1.165) is 6.07 Å². The van der Waals surface area contributed by atoms with Gasteiger partial charge in [0.1, 0.15) is 0 Å². The van der Waals surface area contributed by atoms with Gasteiger partial charge in [-0.2, -0.15) is 13.2 Å².